The monoisotopic (exact) mass is 238 g/mol. The molecule has 2 unspecified atom stereocenters. The van der Waals surface area contributed by atoms with Crippen molar-refractivity contribution in [2.45, 2.75) is 57.9 Å². The highest BCUT2D eigenvalue weighted by Gasteiger charge is 2.21. The lowest BCUT2D eigenvalue weighted by Gasteiger charge is -2.29. The summed E-state index contributed by atoms with van der Waals surface area (Å²) in [6, 6.07) is 0.648. The minimum absolute atomic E-state index is 0.346. The molecule has 1 aliphatic carbocycles. The number of hydrogen-bond acceptors (Lipinski definition) is 2. The predicted octanol–water partition coefficient (Wildman–Crippen LogP) is 2.17. The first-order valence-corrected chi connectivity index (χ1v) is 7.28. The zero-order valence-electron chi connectivity index (χ0n) is 11.1. The Labute approximate surface area is 105 Å². The standard InChI is InChI=1S/C14H26N2O/c1-12-6-2-3-7-13(12)15-9-8-14(17)16-10-4-5-11-16/h12-13,15H,2-11H2,1H3. The van der Waals surface area contributed by atoms with Gasteiger partial charge >= 0.3 is 0 Å². The van der Waals surface area contributed by atoms with E-state index >= 15 is 0 Å². The third-order valence-corrected chi connectivity index (χ3v) is 4.32. The molecule has 1 N–H and O–H groups in total. The maximum atomic E-state index is 11.9. The molecule has 1 aliphatic heterocycles. The lowest BCUT2D eigenvalue weighted by Crippen LogP contribution is -2.39. The molecule has 1 heterocycles. The number of carbonyl (C=O) groups is 1. The number of nitrogens with one attached hydrogen (secondary N) is 1. The third kappa shape index (κ3) is 3.70. The highest BCUT2D eigenvalue weighted by molar-refractivity contribution is 5.76. The van der Waals surface area contributed by atoms with Crippen LogP contribution in [0.1, 0.15) is 51.9 Å². The van der Waals surface area contributed by atoms with E-state index in [9.17, 15) is 4.79 Å². The minimum atomic E-state index is 0.346. The lowest BCUT2D eigenvalue weighted by molar-refractivity contribution is -0.130. The van der Waals surface area contributed by atoms with Crippen molar-refractivity contribution < 1.29 is 4.79 Å². The molecule has 0 aromatic carbocycles. The Morgan fingerprint density at radius 1 is 1.18 bits per heavy atom. The van der Waals surface area contributed by atoms with Crippen LogP contribution in [0.25, 0.3) is 0 Å². The van der Waals surface area contributed by atoms with E-state index < -0.39 is 0 Å². The lowest BCUT2D eigenvalue weighted by atomic mass is 9.86. The molecule has 98 valence electrons. The first-order valence-electron chi connectivity index (χ1n) is 7.28. The van der Waals surface area contributed by atoms with Crippen molar-refractivity contribution in [3.8, 4) is 0 Å². The van der Waals surface area contributed by atoms with Gasteiger partial charge in [0.2, 0.25) is 5.91 Å². The molecule has 0 aromatic rings. The maximum absolute atomic E-state index is 11.9. The van der Waals surface area contributed by atoms with E-state index in [1.54, 1.807) is 0 Å². The van der Waals surface area contributed by atoms with E-state index in [4.69, 9.17) is 0 Å². The minimum Gasteiger partial charge on any atom is -0.343 e. The summed E-state index contributed by atoms with van der Waals surface area (Å²) < 4.78 is 0. The van der Waals surface area contributed by atoms with Gasteiger partial charge in [0.25, 0.3) is 0 Å². The SMILES string of the molecule is CC1CCCCC1NCCC(=O)N1CCCC1. The largest absolute Gasteiger partial charge is 0.343 e. The van der Waals surface area contributed by atoms with Crippen molar-refractivity contribution in [2.75, 3.05) is 19.6 Å². The Kier molecular flexibility index (Phi) is 4.84. The van der Waals surface area contributed by atoms with Gasteiger partial charge in [0.1, 0.15) is 0 Å². The van der Waals surface area contributed by atoms with E-state index in [0.717, 1.165) is 25.6 Å². The van der Waals surface area contributed by atoms with Crippen LogP contribution in [-0.4, -0.2) is 36.5 Å². The highest BCUT2D eigenvalue weighted by atomic mass is 16.2. The Balaban J connectivity index is 1.63. The van der Waals surface area contributed by atoms with Gasteiger partial charge in [0.15, 0.2) is 0 Å². The molecule has 3 heteroatoms. The zero-order chi connectivity index (χ0) is 12.1. The van der Waals surface area contributed by atoms with Crippen molar-refractivity contribution in [3.63, 3.8) is 0 Å². The molecule has 1 saturated carbocycles. The summed E-state index contributed by atoms with van der Waals surface area (Å²) in [6.07, 6.45) is 8.44. The summed E-state index contributed by atoms with van der Waals surface area (Å²) in [4.78, 5) is 13.9. The van der Waals surface area contributed by atoms with Gasteiger partial charge in [-0.3, -0.25) is 4.79 Å². The average molecular weight is 238 g/mol. The second kappa shape index (κ2) is 6.39. The summed E-state index contributed by atoms with van der Waals surface area (Å²) in [5.41, 5.74) is 0. The van der Waals surface area contributed by atoms with Crippen molar-refractivity contribution in [1.29, 1.82) is 0 Å². The van der Waals surface area contributed by atoms with E-state index in [0.29, 0.717) is 18.4 Å². The molecule has 0 aromatic heterocycles. The normalized spacial score (nSPS) is 29.6. The molecular weight excluding hydrogens is 212 g/mol. The molecule has 2 fully saturated rings. The molecule has 17 heavy (non-hydrogen) atoms. The fourth-order valence-corrected chi connectivity index (χ4v) is 3.11. The molecule has 2 aliphatic rings. The summed E-state index contributed by atoms with van der Waals surface area (Å²) in [5.74, 6) is 1.13. The van der Waals surface area contributed by atoms with Gasteiger partial charge in [0.05, 0.1) is 0 Å². The van der Waals surface area contributed by atoms with Crippen LogP contribution in [0.5, 0.6) is 0 Å². The van der Waals surface area contributed by atoms with Gasteiger partial charge in [-0.1, -0.05) is 19.8 Å². The third-order valence-electron chi connectivity index (χ3n) is 4.32. The molecule has 2 atom stereocenters. The second-order valence-electron chi connectivity index (χ2n) is 5.66. The van der Waals surface area contributed by atoms with Gasteiger partial charge in [-0.05, 0) is 31.6 Å². The van der Waals surface area contributed by atoms with Gasteiger partial charge in [-0.25, -0.2) is 0 Å². The highest BCUT2D eigenvalue weighted by Crippen LogP contribution is 2.23. The number of nitrogens with zero attached hydrogens (tertiary/aromatic N) is 1. The summed E-state index contributed by atoms with van der Waals surface area (Å²) >= 11 is 0. The molecule has 0 radical (unpaired) electrons. The smallest absolute Gasteiger partial charge is 0.223 e. The topological polar surface area (TPSA) is 32.3 Å². The van der Waals surface area contributed by atoms with Gasteiger partial charge in [-0.15, -0.1) is 0 Å². The number of carbonyl (C=O) groups excluding carboxylic acids is 1. The van der Waals surface area contributed by atoms with Crippen LogP contribution in [-0.2, 0) is 4.79 Å². The zero-order valence-corrected chi connectivity index (χ0v) is 11.1. The predicted molar refractivity (Wildman–Crippen MR) is 69.9 cm³/mol. The summed E-state index contributed by atoms with van der Waals surface area (Å²) in [5, 5.41) is 3.58. The first kappa shape index (κ1) is 12.9. The molecule has 0 bridgehead atoms. The summed E-state index contributed by atoms with van der Waals surface area (Å²) in [7, 11) is 0. The summed E-state index contributed by atoms with van der Waals surface area (Å²) in [6.45, 7) is 5.17. The van der Waals surface area contributed by atoms with Crippen LogP contribution in [0.2, 0.25) is 0 Å². The molecule has 3 nitrogen and oxygen atoms in total. The van der Waals surface area contributed by atoms with Crippen LogP contribution >= 0.6 is 0 Å². The molecule has 1 amide bonds. The Bertz CT molecular complexity index is 249. The van der Waals surface area contributed by atoms with E-state index in [-0.39, 0.29) is 0 Å². The van der Waals surface area contributed by atoms with Gasteiger partial charge in [0, 0.05) is 32.1 Å². The van der Waals surface area contributed by atoms with E-state index in [2.05, 4.69) is 12.2 Å². The Morgan fingerprint density at radius 3 is 2.59 bits per heavy atom. The van der Waals surface area contributed by atoms with Crippen molar-refractivity contribution in [3.05, 3.63) is 0 Å². The van der Waals surface area contributed by atoms with Gasteiger partial charge < -0.3 is 10.2 Å². The quantitative estimate of drug-likeness (QED) is 0.814. The number of amides is 1. The molecule has 0 spiro atoms. The number of rotatable bonds is 4. The van der Waals surface area contributed by atoms with Crippen molar-refractivity contribution in [1.82, 2.24) is 10.2 Å². The van der Waals surface area contributed by atoms with Crippen LogP contribution in [0.15, 0.2) is 0 Å². The van der Waals surface area contributed by atoms with Crippen molar-refractivity contribution >= 4 is 5.91 Å². The Morgan fingerprint density at radius 2 is 1.88 bits per heavy atom. The van der Waals surface area contributed by atoms with E-state index in [1.807, 2.05) is 4.90 Å². The number of likely N-dealkylation sites (tertiary alicyclic amines) is 1. The molecule has 1 saturated heterocycles. The van der Waals surface area contributed by atoms with Crippen LogP contribution in [0.3, 0.4) is 0 Å². The van der Waals surface area contributed by atoms with Crippen LogP contribution in [0, 0.1) is 5.92 Å². The van der Waals surface area contributed by atoms with Crippen LogP contribution < -0.4 is 5.32 Å². The Hall–Kier alpha value is -0.570. The molecule has 2 rings (SSSR count). The molecular formula is C14H26N2O. The van der Waals surface area contributed by atoms with Crippen molar-refractivity contribution in [2.24, 2.45) is 5.92 Å². The number of hydrogen-bond donors (Lipinski definition) is 1. The first-order chi connectivity index (χ1) is 8.27. The second-order valence-corrected chi connectivity index (χ2v) is 5.66. The fourth-order valence-electron chi connectivity index (χ4n) is 3.11. The van der Waals surface area contributed by atoms with E-state index in [1.165, 1.54) is 38.5 Å². The van der Waals surface area contributed by atoms with Crippen LogP contribution in [0.4, 0.5) is 0 Å². The van der Waals surface area contributed by atoms with Gasteiger partial charge in [-0.2, -0.15) is 0 Å². The fraction of sp³-hybridized carbons (Fsp3) is 0.929. The average Bonchev–Trinajstić information content (AvgIpc) is 2.85. The maximum Gasteiger partial charge on any atom is 0.223 e.